The molecule has 0 aromatic heterocycles. The molecule has 0 amide bonds. The summed E-state index contributed by atoms with van der Waals surface area (Å²) >= 11 is 0. The van der Waals surface area contributed by atoms with Gasteiger partial charge in [-0.25, -0.2) is 0 Å². The molecule has 3 nitrogen and oxygen atoms in total. The largest absolute Gasteiger partial charge is 0.380 e. The summed E-state index contributed by atoms with van der Waals surface area (Å²) in [7, 11) is 2.32. The van der Waals surface area contributed by atoms with Crippen molar-refractivity contribution < 1.29 is 4.74 Å². The second-order valence-electron chi connectivity index (χ2n) is 8.37. The van der Waals surface area contributed by atoms with Crippen LogP contribution in [0.15, 0.2) is 0 Å². The highest BCUT2D eigenvalue weighted by Gasteiger charge is 2.45. The highest BCUT2D eigenvalue weighted by atomic mass is 16.5. The summed E-state index contributed by atoms with van der Waals surface area (Å²) < 4.78 is 5.98. The smallest absolute Gasteiger partial charge is 0.0622 e. The van der Waals surface area contributed by atoms with Crippen LogP contribution < -0.4 is 0 Å². The molecule has 120 valence electrons. The van der Waals surface area contributed by atoms with Gasteiger partial charge in [-0.15, -0.1) is 0 Å². The van der Waals surface area contributed by atoms with Crippen molar-refractivity contribution in [2.45, 2.75) is 63.5 Å². The molecule has 0 aromatic rings. The van der Waals surface area contributed by atoms with Crippen LogP contribution in [0.2, 0.25) is 0 Å². The van der Waals surface area contributed by atoms with Crippen molar-refractivity contribution in [3.05, 3.63) is 0 Å². The van der Waals surface area contributed by atoms with E-state index >= 15 is 0 Å². The van der Waals surface area contributed by atoms with Gasteiger partial charge in [-0.05, 0) is 76.4 Å². The lowest BCUT2D eigenvalue weighted by molar-refractivity contribution is 0.0468. The molecule has 2 heterocycles. The van der Waals surface area contributed by atoms with Gasteiger partial charge in [-0.2, -0.15) is 0 Å². The SMILES string of the molecule is CN1CC2(CCN(C3CCC3)CC2)CC1COCC1CC1. The average Bonchev–Trinajstić information content (AvgIpc) is 3.17. The van der Waals surface area contributed by atoms with Gasteiger partial charge in [0, 0.05) is 25.2 Å². The fourth-order valence-corrected chi connectivity index (χ4v) is 4.70. The summed E-state index contributed by atoms with van der Waals surface area (Å²) in [5, 5.41) is 0. The Hall–Kier alpha value is -0.120. The fourth-order valence-electron chi connectivity index (χ4n) is 4.70. The van der Waals surface area contributed by atoms with E-state index in [4.69, 9.17) is 4.74 Å². The molecule has 1 spiro atoms. The van der Waals surface area contributed by atoms with Gasteiger partial charge in [0.15, 0.2) is 0 Å². The molecular weight excluding hydrogens is 260 g/mol. The van der Waals surface area contributed by atoms with Crippen LogP contribution >= 0.6 is 0 Å². The van der Waals surface area contributed by atoms with Gasteiger partial charge in [0.2, 0.25) is 0 Å². The summed E-state index contributed by atoms with van der Waals surface area (Å²) in [5.41, 5.74) is 0.614. The minimum absolute atomic E-state index is 0.614. The van der Waals surface area contributed by atoms with Crippen LogP contribution in [0.5, 0.6) is 0 Å². The Labute approximate surface area is 130 Å². The molecule has 0 N–H and O–H groups in total. The average molecular weight is 292 g/mol. The van der Waals surface area contributed by atoms with E-state index in [1.54, 1.807) is 0 Å². The van der Waals surface area contributed by atoms with Crippen molar-refractivity contribution in [1.82, 2.24) is 9.80 Å². The molecule has 4 fully saturated rings. The van der Waals surface area contributed by atoms with E-state index in [0.717, 1.165) is 25.2 Å². The molecule has 2 saturated heterocycles. The molecule has 21 heavy (non-hydrogen) atoms. The summed E-state index contributed by atoms with van der Waals surface area (Å²) in [6.45, 7) is 6.01. The van der Waals surface area contributed by atoms with E-state index in [-0.39, 0.29) is 0 Å². The van der Waals surface area contributed by atoms with Gasteiger partial charge in [0.05, 0.1) is 6.61 Å². The van der Waals surface area contributed by atoms with E-state index in [9.17, 15) is 0 Å². The highest BCUT2D eigenvalue weighted by molar-refractivity contribution is 4.99. The second kappa shape index (κ2) is 5.82. The van der Waals surface area contributed by atoms with Crippen LogP contribution in [-0.4, -0.2) is 61.8 Å². The molecule has 4 aliphatic rings. The number of nitrogens with zero attached hydrogens (tertiary/aromatic N) is 2. The van der Waals surface area contributed by atoms with Crippen LogP contribution in [0.1, 0.15) is 51.4 Å². The predicted octanol–water partition coefficient (Wildman–Crippen LogP) is 2.75. The Morgan fingerprint density at radius 1 is 1.05 bits per heavy atom. The number of hydrogen-bond acceptors (Lipinski definition) is 3. The topological polar surface area (TPSA) is 15.7 Å². The van der Waals surface area contributed by atoms with Crippen LogP contribution in [0.25, 0.3) is 0 Å². The van der Waals surface area contributed by atoms with Gasteiger partial charge in [-0.1, -0.05) is 6.42 Å². The maximum atomic E-state index is 5.98. The number of hydrogen-bond donors (Lipinski definition) is 0. The lowest BCUT2D eigenvalue weighted by Crippen LogP contribution is -2.48. The summed E-state index contributed by atoms with van der Waals surface area (Å²) in [4.78, 5) is 5.37. The van der Waals surface area contributed by atoms with Crippen molar-refractivity contribution in [3.8, 4) is 0 Å². The van der Waals surface area contributed by atoms with Gasteiger partial charge >= 0.3 is 0 Å². The minimum Gasteiger partial charge on any atom is -0.380 e. The van der Waals surface area contributed by atoms with E-state index < -0.39 is 0 Å². The summed E-state index contributed by atoms with van der Waals surface area (Å²) in [5.74, 6) is 0.899. The molecule has 2 aliphatic carbocycles. The molecule has 4 rings (SSSR count). The normalized spacial score (nSPS) is 34.4. The lowest BCUT2D eigenvalue weighted by atomic mass is 9.75. The van der Waals surface area contributed by atoms with Crippen LogP contribution in [-0.2, 0) is 4.74 Å². The number of rotatable bonds is 5. The Morgan fingerprint density at radius 3 is 2.43 bits per heavy atom. The van der Waals surface area contributed by atoms with E-state index in [1.807, 2.05) is 0 Å². The van der Waals surface area contributed by atoms with Gasteiger partial charge < -0.3 is 14.5 Å². The quantitative estimate of drug-likeness (QED) is 0.775. The van der Waals surface area contributed by atoms with Crippen molar-refractivity contribution >= 4 is 0 Å². The second-order valence-corrected chi connectivity index (χ2v) is 8.37. The minimum atomic E-state index is 0.614. The van der Waals surface area contributed by atoms with Gasteiger partial charge in [-0.3, -0.25) is 0 Å². The third kappa shape index (κ3) is 3.16. The molecule has 2 saturated carbocycles. The predicted molar refractivity (Wildman–Crippen MR) is 85.5 cm³/mol. The zero-order valence-electron chi connectivity index (χ0n) is 13.7. The number of piperidine rings is 1. The first-order valence-electron chi connectivity index (χ1n) is 9.26. The molecule has 2 aliphatic heterocycles. The lowest BCUT2D eigenvalue weighted by Gasteiger charge is -2.45. The monoisotopic (exact) mass is 292 g/mol. The number of likely N-dealkylation sites (tertiary alicyclic amines) is 2. The highest BCUT2D eigenvalue weighted by Crippen LogP contribution is 2.44. The molecule has 1 unspecified atom stereocenters. The Bertz CT molecular complexity index is 356. The maximum absolute atomic E-state index is 5.98. The Kier molecular flexibility index (Phi) is 4.01. The van der Waals surface area contributed by atoms with Crippen LogP contribution in [0.3, 0.4) is 0 Å². The Balaban J connectivity index is 1.25. The van der Waals surface area contributed by atoms with Crippen molar-refractivity contribution in [3.63, 3.8) is 0 Å². The van der Waals surface area contributed by atoms with Crippen LogP contribution in [0.4, 0.5) is 0 Å². The van der Waals surface area contributed by atoms with Gasteiger partial charge in [0.25, 0.3) is 0 Å². The molecule has 3 heteroatoms. The first kappa shape index (κ1) is 14.5. The van der Waals surface area contributed by atoms with Crippen molar-refractivity contribution in [2.75, 3.05) is 39.9 Å². The standard InChI is InChI=1S/C18H32N2O/c1-19-14-18(11-17(19)13-21-12-15-5-6-15)7-9-20(10-8-18)16-3-2-4-16/h15-17H,2-14H2,1H3. The first-order chi connectivity index (χ1) is 10.2. The summed E-state index contributed by atoms with van der Waals surface area (Å²) in [6.07, 6.45) is 11.4. The summed E-state index contributed by atoms with van der Waals surface area (Å²) in [6, 6.07) is 1.62. The number of ether oxygens (including phenoxy) is 1. The third-order valence-electron chi connectivity index (χ3n) is 6.69. The molecule has 0 radical (unpaired) electrons. The van der Waals surface area contributed by atoms with Crippen LogP contribution in [0, 0.1) is 11.3 Å². The zero-order chi connectivity index (χ0) is 14.3. The Morgan fingerprint density at radius 2 is 1.81 bits per heavy atom. The van der Waals surface area contributed by atoms with E-state index in [1.165, 1.54) is 71.0 Å². The maximum Gasteiger partial charge on any atom is 0.0622 e. The molecule has 0 aromatic carbocycles. The van der Waals surface area contributed by atoms with E-state index in [0.29, 0.717) is 11.5 Å². The zero-order valence-corrected chi connectivity index (χ0v) is 13.7. The first-order valence-corrected chi connectivity index (χ1v) is 9.26. The molecule has 1 atom stereocenters. The fraction of sp³-hybridized carbons (Fsp3) is 1.00. The number of likely N-dealkylation sites (N-methyl/N-ethyl adjacent to an activating group) is 1. The molecular formula is C18H32N2O. The van der Waals surface area contributed by atoms with Crippen molar-refractivity contribution in [1.29, 1.82) is 0 Å². The van der Waals surface area contributed by atoms with Gasteiger partial charge in [0.1, 0.15) is 0 Å². The third-order valence-corrected chi connectivity index (χ3v) is 6.69. The van der Waals surface area contributed by atoms with E-state index in [2.05, 4.69) is 16.8 Å². The molecule has 0 bridgehead atoms. The van der Waals surface area contributed by atoms with Crippen molar-refractivity contribution in [2.24, 2.45) is 11.3 Å².